The molecule has 35 heavy (non-hydrogen) atoms. The Kier molecular flexibility index (Phi) is 6.59. The fourth-order valence-corrected chi connectivity index (χ4v) is 6.71. The summed E-state index contributed by atoms with van der Waals surface area (Å²) in [6, 6.07) is 5.05. The van der Waals surface area contributed by atoms with Crippen LogP contribution in [0, 0.1) is 6.92 Å². The lowest BCUT2D eigenvalue weighted by Gasteiger charge is -2.51. The maximum absolute atomic E-state index is 11.2. The van der Waals surface area contributed by atoms with Gasteiger partial charge in [0, 0.05) is 49.5 Å². The number of aliphatic hydroxyl groups is 1. The molecule has 3 aliphatic heterocycles. The second-order valence-corrected chi connectivity index (χ2v) is 10.9. The van der Waals surface area contributed by atoms with Gasteiger partial charge in [-0.15, -0.1) is 11.3 Å². The van der Waals surface area contributed by atoms with Gasteiger partial charge in [-0.2, -0.15) is 10.1 Å². The molecule has 3 saturated heterocycles. The zero-order chi connectivity index (χ0) is 23.8. The van der Waals surface area contributed by atoms with Gasteiger partial charge in [0.1, 0.15) is 6.23 Å². The Balaban J connectivity index is 1.16. The summed E-state index contributed by atoms with van der Waals surface area (Å²) in [5.41, 5.74) is 1.93. The molecule has 6 rings (SSSR count). The van der Waals surface area contributed by atoms with Crippen LogP contribution in [-0.2, 0) is 4.74 Å². The third-order valence-corrected chi connectivity index (χ3v) is 8.40. The lowest BCUT2D eigenvalue weighted by atomic mass is 9.81. The van der Waals surface area contributed by atoms with E-state index in [2.05, 4.69) is 30.6 Å². The van der Waals surface area contributed by atoms with Crippen LogP contribution in [-0.4, -0.2) is 92.3 Å². The summed E-state index contributed by atoms with van der Waals surface area (Å²) in [6.45, 7) is 6.01. The Bertz CT molecular complexity index is 1130. The molecule has 2 bridgehead atoms. The first-order valence-corrected chi connectivity index (χ1v) is 13.6. The van der Waals surface area contributed by atoms with Gasteiger partial charge < -0.3 is 20.5 Å². The number of aromatic nitrogens is 4. The Labute approximate surface area is 209 Å². The summed E-state index contributed by atoms with van der Waals surface area (Å²) in [4.78, 5) is 14.4. The van der Waals surface area contributed by atoms with E-state index in [4.69, 9.17) is 14.7 Å². The number of anilines is 3. The molecule has 3 aromatic heterocycles. The molecule has 6 heterocycles. The van der Waals surface area contributed by atoms with Crippen molar-refractivity contribution in [2.75, 3.05) is 43.5 Å². The van der Waals surface area contributed by atoms with Gasteiger partial charge in [0.15, 0.2) is 11.6 Å². The highest BCUT2D eigenvalue weighted by atomic mass is 32.1. The highest BCUT2D eigenvalue weighted by Crippen LogP contribution is 2.37. The molecule has 0 amide bonds. The van der Waals surface area contributed by atoms with E-state index in [9.17, 15) is 5.11 Å². The number of H-pyrrole nitrogens is 1. The van der Waals surface area contributed by atoms with Crippen molar-refractivity contribution in [3.8, 4) is 0 Å². The maximum atomic E-state index is 11.2. The van der Waals surface area contributed by atoms with Crippen molar-refractivity contribution < 1.29 is 9.84 Å². The number of hydrogen-bond acceptors (Lipinski definition) is 10. The van der Waals surface area contributed by atoms with Gasteiger partial charge in [-0.1, -0.05) is 6.42 Å². The topological polar surface area (TPSA) is 114 Å². The van der Waals surface area contributed by atoms with Crippen molar-refractivity contribution >= 4 is 39.1 Å². The molecule has 11 heteroatoms. The monoisotopic (exact) mass is 498 g/mol. The average molecular weight is 499 g/mol. The van der Waals surface area contributed by atoms with Crippen LogP contribution in [0.2, 0.25) is 0 Å². The normalized spacial score (nSPS) is 26.6. The Morgan fingerprint density at radius 3 is 2.77 bits per heavy atom. The number of morpholine rings is 1. The van der Waals surface area contributed by atoms with Crippen LogP contribution in [0.4, 0.5) is 17.6 Å². The number of rotatable bonds is 7. The number of piperidine rings is 2. The summed E-state index contributed by atoms with van der Waals surface area (Å²) in [6.07, 6.45) is 5.05. The second kappa shape index (κ2) is 9.98. The number of aryl methyl sites for hydroxylation is 1. The average Bonchev–Trinajstić information content (AvgIpc) is 3.48. The standard InChI is InChI=1S/C24H34N8O2S/c1-15-11-20(30-29-15)27-23-22-19(5-10-35-22)26-24(28-23)25-16-12-17-3-2-4-18(13-16)32(17)21(33)14-31-6-8-34-9-7-31/h5,10-11,16-18,21,33H,2-4,6-9,12-14H2,1H3,(H3,25,26,27,28,29,30)/t16-,17-,18+,21?. The van der Waals surface area contributed by atoms with Gasteiger partial charge in [-0.25, -0.2) is 4.98 Å². The second-order valence-electron chi connectivity index (χ2n) is 9.98. The first-order valence-electron chi connectivity index (χ1n) is 12.7. The Morgan fingerprint density at radius 1 is 1.23 bits per heavy atom. The SMILES string of the molecule is Cc1cc(Nc2nc(N[C@@H]3C[C@H]4CCC[C@@H](C3)N4C(O)CN3CCOCC3)nc3ccsc23)n[nH]1. The number of nitrogens with one attached hydrogen (secondary N) is 3. The van der Waals surface area contributed by atoms with E-state index >= 15 is 0 Å². The van der Waals surface area contributed by atoms with Crippen LogP contribution < -0.4 is 10.6 Å². The first-order chi connectivity index (χ1) is 17.1. The quantitative estimate of drug-likeness (QED) is 0.390. The first kappa shape index (κ1) is 23.1. The largest absolute Gasteiger partial charge is 0.379 e. The molecule has 0 aromatic carbocycles. The molecule has 1 unspecified atom stereocenters. The van der Waals surface area contributed by atoms with E-state index in [0.29, 0.717) is 24.6 Å². The van der Waals surface area contributed by atoms with E-state index in [-0.39, 0.29) is 6.04 Å². The smallest absolute Gasteiger partial charge is 0.225 e. The van der Waals surface area contributed by atoms with E-state index in [1.54, 1.807) is 11.3 Å². The van der Waals surface area contributed by atoms with Crippen molar-refractivity contribution in [3.63, 3.8) is 0 Å². The Morgan fingerprint density at radius 2 is 2.03 bits per heavy atom. The fraction of sp³-hybridized carbons (Fsp3) is 0.625. The molecule has 188 valence electrons. The molecular weight excluding hydrogens is 464 g/mol. The zero-order valence-electron chi connectivity index (χ0n) is 20.1. The van der Waals surface area contributed by atoms with Crippen LogP contribution in [0.3, 0.4) is 0 Å². The number of β-amino-alcohol motifs (C(OH)–C–C–N with tert-alkyl or cyclic N) is 1. The molecule has 10 nitrogen and oxygen atoms in total. The van der Waals surface area contributed by atoms with Crippen molar-refractivity contribution in [2.24, 2.45) is 0 Å². The summed E-state index contributed by atoms with van der Waals surface area (Å²) < 4.78 is 6.49. The van der Waals surface area contributed by atoms with Gasteiger partial charge in [-0.05, 0) is 44.1 Å². The lowest BCUT2D eigenvalue weighted by molar-refractivity contribution is -0.112. The zero-order valence-corrected chi connectivity index (χ0v) is 20.9. The number of ether oxygens (including phenoxy) is 1. The fourth-order valence-electron chi connectivity index (χ4n) is 5.93. The van der Waals surface area contributed by atoms with Crippen molar-refractivity contribution in [1.29, 1.82) is 0 Å². The van der Waals surface area contributed by atoms with Crippen LogP contribution in [0.5, 0.6) is 0 Å². The minimum absolute atomic E-state index is 0.286. The number of fused-ring (bicyclic) bond motifs is 3. The van der Waals surface area contributed by atoms with Gasteiger partial charge in [0.25, 0.3) is 0 Å². The highest BCUT2D eigenvalue weighted by Gasteiger charge is 2.41. The highest BCUT2D eigenvalue weighted by molar-refractivity contribution is 7.17. The van der Waals surface area contributed by atoms with Crippen LogP contribution in [0.1, 0.15) is 37.8 Å². The van der Waals surface area contributed by atoms with Gasteiger partial charge in [0.05, 0.1) is 23.4 Å². The molecule has 0 spiro atoms. The van der Waals surface area contributed by atoms with Gasteiger partial charge in [-0.3, -0.25) is 14.9 Å². The molecule has 0 aliphatic carbocycles. The van der Waals surface area contributed by atoms with Crippen molar-refractivity contribution in [1.82, 2.24) is 30.0 Å². The van der Waals surface area contributed by atoms with Crippen LogP contribution >= 0.6 is 11.3 Å². The number of nitrogens with zero attached hydrogens (tertiary/aromatic N) is 5. The number of aromatic amines is 1. The molecule has 3 aliphatic rings. The van der Waals surface area contributed by atoms with E-state index in [1.807, 2.05) is 24.4 Å². The lowest BCUT2D eigenvalue weighted by Crippen LogP contribution is -2.61. The number of thiophene rings is 1. The maximum Gasteiger partial charge on any atom is 0.225 e. The third kappa shape index (κ3) is 5.01. The van der Waals surface area contributed by atoms with Crippen LogP contribution in [0.25, 0.3) is 10.2 Å². The number of aliphatic hydroxyl groups excluding tert-OH is 1. The van der Waals surface area contributed by atoms with Crippen molar-refractivity contribution in [2.45, 2.75) is 63.4 Å². The predicted molar refractivity (Wildman–Crippen MR) is 137 cm³/mol. The van der Waals surface area contributed by atoms with E-state index in [0.717, 1.165) is 79.5 Å². The minimum Gasteiger partial charge on any atom is -0.379 e. The molecule has 3 aromatic rings. The van der Waals surface area contributed by atoms with Gasteiger partial charge >= 0.3 is 0 Å². The Hall–Kier alpha value is -2.31. The molecule has 0 saturated carbocycles. The predicted octanol–water partition coefficient (Wildman–Crippen LogP) is 2.91. The summed E-state index contributed by atoms with van der Waals surface area (Å²) in [5.74, 6) is 2.17. The van der Waals surface area contributed by atoms with Crippen molar-refractivity contribution in [3.05, 3.63) is 23.2 Å². The third-order valence-electron chi connectivity index (χ3n) is 7.49. The van der Waals surface area contributed by atoms with E-state index in [1.165, 1.54) is 6.42 Å². The number of hydrogen-bond donors (Lipinski definition) is 4. The molecule has 4 atom stereocenters. The van der Waals surface area contributed by atoms with Gasteiger partial charge in [0.2, 0.25) is 5.95 Å². The molecule has 3 fully saturated rings. The minimum atomic E-state index is -0.420. The van der Waals surface area contributed by atoms with Crippen LogP contribution in [0.15, 0.2) is 17.5 Å². The molecule has 0 radical (unpaired) electrons. The van der Waals surface area contributed by atoms with E-state index < -0.39 is 6.23 Å². The molecular formula is C24H34N8O2S. The summed E-state index contributed by atoms with van der Waals surface area (Å²) >= 11 is 1.63. The molecule has 4 N–H and O–H groups in total. The summed E-state index contributed by atoms with van der Waals surface area (Å²) in [7, 11) is 0. The summed E-state index contributed by atoms with van der Waals surface area (Å²) in [5, 5.41) is 27.5.